The van der Waals surface area contributed by atoms with Crippen LogP contribution in [0, 0.1) is 0 Å². The molecule has 0 spiro atoms. The highest BCUT2D eigenvalue weighted by Gasteiger charge is 2.21. The zero-order chi connectivity index (χ0) is 13.9. The van der Waals surface area contributed by atoms with E-state index in [0.29, 0.717) is 18.9 Å². The average molecular weight is 269 g/mol. The Hall–Kier alpha value is -2.60. The van der Waals surface area contributed by atoms with Crippen LogP contribution in [-0.2, 0) is 11.3 Å². The van der Waals surface area contributed by atoms with Gasteiger partial charge in [-0.3, -0.25) is 4.79 Å². The second kappa shape index (κ2) is 5.18. The Kier molecular flexibility index (Phi) is 3.22. The average Bonchev–Trinajstić information content (AvgIpc) is 2.47. The standard InChI is InChI=1S/C14H15N5O/c15-18-13-7-10(5-6-16-13)8-19-9-14(20)17-11-3-1-2-4-12(11)19/h1-7H,8-9,15H2,(H,16,18)(H,17,20). The van der Waals surface area contributed by atoms with Crippen molar-refractivity contribution in [3.8, 4) is 0 Å². The summed E-state index contributed by atoms with van der Waals surface area (Å²) in [6.45, 7) is 0.965. The van der Waals surface area contributed by atoms with Crippen molar-refractivity contribution in [1.29, 1.82) is 0 Å². The van der Waals surface area contributed by atoms with Gasteiger partial charge < -0.3 is 15.6 Å². The molecule has 0 radical (unpaired) electrons. The number of rotatable bonds is 3. The van der Waals surface area contributed by atoms with E-state index in [9.17, 15) is 4.79 Å². The first kappa shape index (κ1) is 12.4. The maximum Gasteiger partial charge on any atom is 0.243 e. The number of hydrogen-bond acceptors (Lipinski definition) is 5. The molecule has 3 rings (SSSR count). The number of anilines is 3. The lowest BCUT2D eigenvalue weighted by atomic mass is 10.1. The fourth-order valence-corrected chi connectivity index (χ4v) is 2.32. The van der Waals surface area contributed by atoms with Gasteiger partial charge in [0.25, 0.3) is 0 Å². The van der Waals surface area contributed by atoms with Crippen LogP contribution in [0.3, 0.4) is 0 Å². The predicted octanol–water partition coefficient (Wildman–Crippen LogP) is 1.33. The van der Waals surface area contributed by atoms with Crippen molar-refractivity contribution in [3.63, 3.8) is 0 Å². The number of hydrogen-bond donors (Lipinski definition) is 3. The monoisotopic (exact) mass is 269 g/mol. The number of hydrazine groups is 1. The van der Waals surface area contributed by atoms with Gasteiger partial charge in [-0.05, 0) is 29.8 Å². The van der Waals surface area contributed by atoms with Crippen molar-refractivity contribution in [2.45, 2.75) is 6.54 Å². The number of carbonyl (C=O) groups excluding carboxylic acids is 1. The molecule has 2 aromatic rings. The molecule has 102 valence electrons. The second-order valence-electron chi connectivity index (χ2n) is 4.62. The van der Waals surface area contributed by atoms with Crippen molar-refractivity contribution in [2.75, 3.05) is 22.2 Å². The van der Waals surface area contributed by atoms with Crippen LogP contribution in [0.15, 0.2) is 42.6 Å². The van der Waals surface area contributed by atoms with E-state index in [1.54, 1.807) is 6.20 Å². The molecule has 1 amide bonds. The number of nitrogens with zero attached hydrogens (tertiary/aromatic N) is 2. The van der Waals surface area contributed by atoms with Crippen LogP contribution in [0.25, 0.3) is 0 Å². The van der Waals surface area contributed by atoms with E-state index in [2.05, 4.69) is 15.7 Å². The number of nitrogen functional groups attached to an aromatic ring is 1. The summed E-state index contributed by atoms with van der Waals surface area (Å²) in [4.78, 5) is 17.9. The van der Waals surface area contributed by atoms with E-state index >= 15 is 0 Å². The van der Waals surface area contributed by atoms with Crippen LogP contribution in [0.1, 0.15) is 5.56 Å². The number of para-hydroxylation sites is 2. The Bertz CT molecular complexity index is 643. The Morgan fingerprint density at radius 3 is 3.05 bits per heavy atom. The van der Waals surface area contributed by atoms with Crippen molar-refractivity contribution in [1.82, 2.24) is 4.98 Å². The summed E-state index contributed by atoms with van der Waals surface area (Å²) in [6.07, 6.45) is 1.69. The molecule has 0 saturated heterocycles. The van der Waals surface area contributed by atoms with Crippen molar-refractivity contribution < 1.29 is 4.79 Å². The third-order valence-corrected chi connectivity index (χ3v) is 3.20. The molecule has 1 aliphatic heterocycles. The maximum absolute atomic E-state index is 11.8. The summed E-state index contributed by atoms with van der Waals surface area (Å²) in [5.74, 6) is 5.96. The first-order valence-corrected chi connectivity index (χ1v) is 6.31. The number of amides is 1. The molecule has 6 heteroatoms. The molecule has 0 atom stereocenters. The van der Waals surface area contributed by atoms with Gasteiger partial charge in [0, 0.05) is 12.7 Å². The highest BCUT2D eigenvalue weighted by atomic mass is 16.2. The highest BCUT2D eigenvalue weighted by molar-refractivity contribution is 6.01. The molecule has 0 saturated carbocycles. The van der Waals surface area contributed by atoms with E-state index in [0.717, 1.165) is 16.9 Å². The van der Waals surface area contributed by atoms with Crippen molar-refractivity contribution in [2.24, 2.45) is 5.84 Å². The first-order chi connectivity index (χ1) is 9.76. The molecule has 4 N–H and O–H groups in total. The zero-order valence-corrected chi connectivity index (χ0v) is 10.8. The predicted molar refractivity (Wildman–Crippen MR) is 78.2 cm³/mol. The Morgan fingerprint density at radius 2 is 2.20 bits per heavy atom. The van der Waals surface area contributed by atoms with Crippen LogP contribution in [0.2, 0.25) is 0 Å². The molecule has 2 heterocycles. The fraction of sp³-hybridized carbons (Fsp3) is 0.143. The molecule has 0 fully saturated rings. The molecule has 0 aliphatic carbocycles. The van der Waals surface area contributed by atoms with Gasteiger partial charge in [0.05, 0.1) is 17.9 Å². The maximum atomic E-state index is 11.8. The molecule has 0 bridgehead atoms. The van der Waals surface area contributed by atoms with Gasteiger partial charge in [0.2, 0.25) is 5.91 Å². The first-order valence-electron chi connectivity index (χ1n) is 6.31. The number of benzene rings is 1. The molecule has 1 aliphatic rings. The lowest BCUT2D eigenvalue weighted by molar-refractivity contribution is -0.115. The SMILES string of the molecule is NNc1cc(CN2CC(=O)Nc3ccccc32)ccn1. The van der Waals surface area contributed by atoms with Crippen LogP contribution in [-0.4, -0.2) is 17.4 Å². The summed E-state index contributed by atoms with van der Waals surface area (Å²) < 4.78 is 0. The molecular formula is C14H15N5O. The van der Waals surface area contributed by atoms with Gasteiger partial charge in [-0.2, -0.15) is 0 Å². The third-order valence-electron chi connectivity index (χ3n) is 3.20. The van der Waals surface area contributed by atoms with E-state index in [-0.39, 0.29) is 5.91 Å². The molecule has 1 aromatic heterocycles. The third kappa shape index (κ3) is 2.41. The molecule has 0 unspecified atom stereocenters. The molecule has 1 aromatic carbocycles. The summed E-state index contributed by atoms with van der Waals surface area (Å²) in [5.41, 5.74) is 5.43. The molecule has 20 heavy (non-hydrogen) atoms. The summed E-state index contributed by atoms with van der Waals surface area (Å²) in [5, 5.41) is 2.87. The number of nitrogens with two attached hydrogens (primary N) is 1. The largest absolute Gasteiger partial charge is 0.356 e. The highest BCUT2D eigenvalue weighted by Crippen LogP contribution is 2.30. The number of nitrogens with one attached hydrogen (secondary N) is 2. The van der Waals surface area contributed by atoms with Crippen LogP contribution in [0.5, 0.6) is 0 Å². The lowest BCUT2D eigenvalue weighted by Crippen LogP contribution is -2.37. The lowest BCUT2D eigenvalue weighted by Gasteiger charge is -2.30. The Morgan fingerprint density at radius 1 is 1.35 bits per heavy atom. The Balaban J connectivity index is 1.88. The van der Waals surface area contributed by atoms with Gasteiger partial charge in [0.15, 0.2) is 0 Å². The van der Waals surface area contributed by atoms with Crippen LogP contribution < -0.4 is 21.5 Å². The minimum absolute atomic E-state index is 0.00469. The molecule has 6 nitrogen and oxygen atoms in total. The topological polar surface area (TPSA) is 83.3 Å². The van der Waals surface area contributed by atoms with Crippen molar-refractivity contribution in [3.05, 3.63) is 48.2 Å². The zero-order valence-electron chi connectivity index (χ0n) is 10.8. The minimum atomic E-state index is -0.00469. The van der Waals surface area contributed by atoms with Crippen LogP contribution in [0.4, 0.5) is 17.2 Å². The van der Waals surface area contributed by atoms with E-state index in [1.165, 1.54) is 0 Å². The van der Waals surface area contributed by atoms with E-state index in [4.69, 9.17) is 5.84 Å². The van der Waals surface area contributed by atoms with Gasteiger partial charge in [-0.15, -0.1) is 0 Å². The number of pyridine rings is 1. The minimum Gasteiger partial charge on any atom is -0.356 e. The number of carbonyl (C=O) groups is 1. The quantitative estimate of drug-likeness (QED) is 0.578. The Labute approximate surface area is 116 Å². The smallest absolute Gasteiger partial charge is 0.243 e. The summed E-state index contributed by atoms with van der Waals surface area (Å²) in [7, 11) is 0. The van der Waals surface area contributed by atoms with Crippen molar-refractivity contribution >= 4 is 23.1 Å². The van der Waals surface area contributed by atoms with Gasteiger partial charge >= 0.3 is 0 Å². The van der Waals surface area contributed by atoms with E-state index < -0.39 is 0 Å². The van der Waals surface area contributed by atoms with E-state index in [1.807, 2.05) is 41.3 Å². The second-order valence-corrected chi connectivity index (χ2v) is 4.62. The van der Waals surface area contributed by atoms with Gasteiger partial charge in [-0.25, -0.2) is 10.8 Å². The normalized spacial score (nSPS) is 13.7. The fourth-order valence-electron chi connectivity index (χ4n) is 2.32. The molecular weight excluding hydrogens is 254 g/mol. The van der Waals surface area contributed by atoms with Crippen LogP contribution >= 0.6 is 0 Å². The summed E-state index contributed by atoms with van der Waals surface area (Å²) >= 11 is 0. The number of aromatic nitrogens is 1. The summed E-state index contributed by atoms with van der Waals surface area (Å²) in [6, 6.07) is 11.6. The van der Waals surface area contributed by atoms with Gasteiger partial charge in [-0.1, -0.05) is 12.1 Å². The van der Waals surface area contributed by atoms with Gasteiger partial charge in [0.1, 0.15) is 5.82 Å². The number of fused-ring (bicyclic) bond motifs is 1.